The maximum atomic E-state index is 6.22. The van der Waals surface area contributed by atoms with Crippen molar-refractivity contribution in [3.05, 3.63) is 32.4 Å². The molecular weight excluding hydrogens is 423 g/mol. The molecule has 0 saturated carbocycles. The van der Waals surface area contributed by atoms with Gasteiger partial charge in [-0.2, -0.15) is 0 Å². The minimum Gasteiger partial charge on any atom is -0.339 e. The molecule has 2 spiro atoms. The number of allylic oxidation sites excluding steroid dienone is 1. The molecule has 2 radical (unpaired) electrons. The number of thioether (sulfide) groups is 2. The molecule has 134 valence electrons. The van der Waals surface area contributed by atoms with Crippen LogP contribution in [0.4, 0.5) is 0 Å². The van der Waals surface area contributed by atoms with Crippen LogP contribution in [0.15, 0.2) is 32.4 Å². The predicted molar refractivity (Wildman–Crippen MR) is 106 cm³/mol. The van der Waals surface area contributed by atoms with Crippen molar-refractivity contribution >= 4 is 47.3 Å². The van der Waals surface area contributed by atoms with Crippen molar-refractivity contribution in [1.29, 1.82) is 0 Å². The molecule has 8 heteroatoms. The SMILES string of the molecule is [B]CC(=C)SC1=C(C)C2(OCCO2)C2(OCCO2)C2=C1SC(Br)CC2. The normalized spacial score (nSPS) is 30.4. The zero-order valence-corrected chi connectivity index (χ0v) is 17.4. The van der Waals surface area contributed by atoms with E-state index in [-0.39, 0.29) is 0 Å². The Morgan fingerprint density at radius 1 is 1.24 bits per heavy atom. The number of rotatable bonds is 3. The Bertz CT molecular complexity index is 651. The van der Waals surface area contributed by atoms with Crippen molar-refractivity contribution < 1.29 is 18.9 Å². The highest BCUT2D eigenvalue weighted by Gasteiger charge is 2.67. The molecule has 0 N–H and O–H groups in total. The van der Waals surface area contributed by atoms with Gasteiger partial charge in [0.1, 0.15) is 0 Å². The molecule has 0 aromatic rings. The van der Waals surface area contributed by atoms with E-state index in [2.05, 4.69) is 22.5 Å². The van der Waals surface area contributed by atoms with Gasteiger partial charge < -0.3 is 18.9 Å². The van der Waals surface area contributed by atoms with E-state index in [4.69, 9.17) is 26.8 Å². The fourth-order valence-corrected chi connectivity index (χ4v) is 6.87. The number of halogens is 1. The van der Waals surface area contributed by atoms with Gasteiger partial charge >= 0.3 is 0 Å². The summed E-state index contributed by atoms with van der Waals surface area (Å²) in [5.41, 5.74) is 2.12. The van der Waals surface area contributed by atoms with Crippen LogP contribution < -0.4 is 0 Å². The summed E-state index contributed by atoms with van der Waals surface area (Å²) in [4.78, 5) is 3.22. The third-order valence-electron chi connectivity index (χ3n) is 4.87. The van der Waals surface area contributed by atoms with Gasteiger partial charge in [0.25, 0.3) is 11.6 Å². The number of hydrogen-bond donors (Lipinski definition) is 0. The van der Waals surface area contributed by atoms with E-state index in [1.54, 1.807) is 23.5 Å². The van der Waals surface area contributed by atoms with Crippen molar-refractivity contribution in [2.24, 2.45) is 0 Å². The third-order valence-corrected chi connectivity index (χ3v) is 8.37. The van der Waals surface area contributed by atoms with Crippen LogP contribution in [0.2, 0.25) is 6.32 Å². The van der Waals surface area contributed by atoms with Gasteiger partial charge in [-0.1, -0.05) is 40.6 Å². The highest BCUT2D eigenvalue weighted by molar-refractivity contribution is 9.11. The van der Waals surface area contributed by atoms with Crippen molar-refractivity contribution in [3.8, 4) is 0 Å². The monoisotopic (exact) mass is 442 g/mol. The first kappa shape index (κ1) is 18.7. The molecule has 4 aliphatic rings. The molecule has 0 amide bonds. The molecule has 1 unspecified atom stereocenters. The first-order valence-electron chi connectivity index (χ1n) is 8.41. The van der Waals surface area contributed by atoms with E-state index >= 15 is 0 Å². The summed E-state index contributed by atoms with van der Waals surface area (Å²) in [6.07, 6.45) is 2.31. The lowest BCUT2D eigenvalue weighted by Gasteiger charge is -2.49. The molecule has 1 aliphatic carbocycles. The summed E-state index contributed by atoms with van der Waals surface area (Å²) in [5, 5.41) is 0. The van der Waals surface area contributed by atoms with Gasteiger partial charge in [0.2, 0.25) is 0 Å². The zero-order chi connectivity index (χ0) is 17.7. The molecule has 2 fully saturated rings. The molecule has 0 aromatic carbocycles. The minimum atomic E-state index is -1.01. The number of fused-ring (bicyclic) bond motifs is 2. The Balaban J connectivity index is 1.90. The van der Waals surface area contributed by atoms with Crippen LogP contribution in [0.3, 0.4) is 0 Å². The van der Waals surface area contributed by atoms with E-state index < -0.39 is 11.6 Å². The van der Waals surface area contributed by atoms with Crippen LogP contribution in [-0.2, 0) is 18.9 Å². The molecule has 4 nitrogen and oxygen atoms in total. The van der Waals surface area contributed by atoms with E-state index in [1.807, 2.05) is 6.92 Å². The van der Waals surface area contributed by atoms with Crippen LogP contribution in [-0.4, -0.2) is 50.0 Å². The first-order valence-corrected chi connectivity index (χ1v) is 11.0. The molecule has 1 atom stereocenters. The van der Waals surface area contributed by atoms with Crippen LogP contribution >= 0.6 is 39.5 Å². The lowest BCUT2D eigenvalue weighted by atomic mass is 9.83. The Morgan fingerprint density at radius 2 is 1.84 bits per heavy atom. The number of hydrogen-bond acceptors (Lipinski definition) is 6. The molecule has 25 heavy (non-hydrogen) atoms. The van der Waals surface area contributed by atoms with Gasteiger partial charge in [-0.05, 0) is 24.7 Å². The van der Waals surface area contributed by atoms with Gasteiger partial charge in [0.05, 0.1) is 38.4 Å². The quantitative estimate of drug-likeness (QED) is 0.483. The van der Waals surface area contributed by atoms with Gasteiger partial charge in [-0.15, -0.1) is 11.8 Å². The zero-order valence-electron chi connectivity index (χ0n) is 14.1. The average molecular weight is 443 g/mol. The molecule has 3 heterocycles. The molecule has 0 bridgehead atoms. The fraction of sp³-hybridized carbons (Fsp3) is 0.647. The number of alkyl halides is 1. The average Bonchev–Trinajstić information content (AvgIpc) is 3.28. The van der Waals surface area contributed by atoms with Crippen molar-refractivity contribution in [1.82, 2.24) is 0 Å². The summed E-state index contributed by atoms with van der Waals surface area (Å²) in [5.74, 6) is -1.99. The summed E-state index contributed by atoms with van der Waals surface area (Å²) >= 11 is 7.17. The Labute approximate surface area is 166 Å². The lowest BCUT2D eigenvalue weighted by Crippen LogP contribution is -2.60. The van der Waals surface area contributed by atoms with Gasteiger partial charge in [-0.3, -0.25) is 0 Å². The van der Waals surface area contributed by atoms with E-state index in [0.717, 1.165) is 33.8 Å². The van der Waals surface area contributed by atoms with Crippen LogP contribution in [0.1, 0.15) is 19.8 Å². The van der Waals surface area contributed by atoms with Gasteiger partial charge in [0.15, 0.2) is 0 Å². The standard InChI is InChI=1S/C17H20BBrO4S2/c1-10(9-18)24-14-11(2)16(20-5-6-21-16)17(22-7-8-23-17)12-3-4-13(19)25-15(12)14/h13H,1,3-9H2,2H3. The summed E-state index contributed by atoms with van der Waals surface area (Å²) < 4.78 is 25.2. The third kappa shape index (κ3) is 2.75. The van der Waals surface area contributed by atoms with Gasteiger partial charge in [-0.25, -0.2) is 0 Å². The smallest absolute Gasteiger partial charge is 0.253 e. The Kier molecular flexibility index (Phi) is 5.25. The second kappa shape index (κ2) is 7.04. The maximum Gasteiger partial charge on any atom is 0.253 e. The van der Waals surface area contributed by atoms with Crippen LogP contribution in [0, 0.1) is 0 Å². The van der Waals surface area contributed by atoms with E-state index in [9.17, 15) is 0 Å². The highest BCUT2D eigenvalue weighted by atomic mass is 79.9. The summed E-state index contributed by atoms with van der Waals surface area (Å²) in [6, 6.07) is 0. The molecule has 2 saturated heterocycles. The fourth-order valence-electron chi connectivity index (χ4n) is 3.80. The van der Waals surface area contributed by atoms with Crippen LogP contribution in [0.5, 0.6) is 0 Å². The summed E-state index contributed by atoms with van der Waals surface area (Å²) in [6.45, 7) is 8.26. The summed E-state index contributed by atoms with van der Waals surface area (Å²) in [7, 11) is 5.80. The van der Waals surface area contributed by atoms with E-state index in [0.29, 0.717) is 36.9 Å². The topological polar surface area (TPSA) is 36.9 Å². The van der Waals surface area contributed by atoms with Crippen molar-refractivity contribution in [3.63, 3.8) is 0 Å². The largest absolute Gasteiger partial charge is 0.339 e. The number of ether oxygens (including phenoxy) is 4. The second-order valence-corrected chi connectivity index (χ2v) is 10.4. The van der Waals surface area contributed by atoms with Crippen LogP contribution in [0.25, 0.3) is 0 Å². The Morgan fingerprint density at radius 3 is 2.44 bits per heavy atom. The van der Waals surface area contributed by atoms with Crippen molar-refractivity contribution in [2.75, 3.05) is 26.4 Å². The molecule has 3 aliphatic heterocycles. The lowest BCUT2D eigenvalue weighted by molar-refractivity contribution is -0.312. The molecule has 0 aromatic heterocycles. The maximum absolute atomic E-state index is 6.22. The minimum absolute atomic E-state index is 0.360. The Hall–Kier alpha value is 0.305. The molecular formula is C17H20BBrO4S2. The predicted octanol–water partition coefficient (Wildman–Crippen LogP) is 4.10. The second-order valence-electron chi connectivity index (χ2n) is 6.30. The van der Waals surface area contributed by atoms with E-state index in [1.165, 1.54) is 4.91 Å². The highest BCUT2D eigenvalue weighted by Crippen LogP contribution is 2.61. The molecule has 4 rings (SSSR count). The van der Waals surface area contributed by atoms with Crippen molar-refractivity contribution in [2.45, 2.75) is 41.8 Å². The van der Waals surface area contributed by atoms with Gasteiger partial charge in [0, 0.05) is 21.0 Å². The first-order chi connectivity index (χ1) is 12.0.